The molecule has 0 saturated carbocycles. The molecule has 6 N–H and O–H groups in total. The van der Waals surface area contributed by atoms with Gasteiger partial charge in [-0.2, -0.15) is 0 Å². The topological polar surface area (TPSA) is 166 Å². The zero-order valence-electron chi connectivity index (χ0n) is 18.5. The van der Waals surface area contributed by atoms with Crippen LogP contribution in [0.2, 0.25) is 0 Å². The molecule has 0 bridgehead atoms. The van der Waals surface area contributed by atoms with Gasteiger partial charge in [-0.25, -0.2) is 13.1 Å². The van der Waals surface area contributed by atoms with Gasteiger partial charge in [-0.1, -0.05) is 36.4 Å². The summed E-state index contributed by atoms with van der Waals surface area (Å²) < 4.78 is 26.6. The fourth-order valence-electron chi connectivity index (χ4n) is 3.06. The maximum atomic E-state index is 13.0. The van der Waals surface area contributed by atoms with Crippen LogP contribution in [-0.2, 0) is 32.6 Å². The Hall–Kier alpha value is -3.44. The number of phenolic OH excluding ortho intramolecular Hbond substituents is 1. The van der Waals surface area contributed by atoms with Gasteiger partial charge in [0, 0.05) is 13.6 Å². The van der Waals surface area contributed by atoms with E-state index in [2.05, 4.69) is 10.0 Å². The minimum absolute atomic E-state index is 0.0858. The number of aromatic hydroxyl groups is 1. The average Bonchev–Trinajstić information content (AvgIpc) is 2.77. The molecule has 33 heavy (non-hydrogen) atoms. The summed E-state index contributed by atoms with van der Waals surface area (Å²) in [6, 6.07) is 12.4. The molecule has 11 heteroatoms. The minimum atomic E-state index is -3.65. The highest BCUT2D eigenvalue weighted by Gasteiger charge is 2.27. The minimum Gasteiger partial charge on any atom is -0.507 e. The SMILES string of the molecule is CCS(=O)(=O)NC(Cc1ccccc1)C(=O)N(C)CC(=O)NCc1ccc(C(=N)N)c(O)c1. The maximum Gasteiger partial charge on any atom is 0.241 e. The summed E-state index contributed by atoms with van der Waals surface area (Å²) in [5.41, 5.74) is 6.91. The molecule has 1 unspecified atom stereocenters. The van der Waals surface area contributed by atoms with Crippen molar-refractivity contribution in [1.82, 2.24) is 14.9 Å². The Morgan fingerprint density at radius 1 is 1.15 bits per heavy atom. The van der Waals surface area contributed by atoms with Gasteiger partial charge in [0.05, 0.1) is 17.9 Å². The van der Waals surface area contributed by atoms with Gasteiger partial charge in [-0.05, 0) is 36.6 Å². The normalized spacial score (nSPS) is 12.1. The molecule has 0 aliphatic carbocycles. The van der Waals surface area contributed by atoms with Crippen molar-refractivity contribution >= 4 is 27.7 Å². The van der Waals surface area contributed by atoms with Gasteiger partial charge >= 0.3 is 0 Å². The van der Waals surface area contributed by atoms with E-state index in [1.54, 1.807) is 30.3 Å². The lowest BCUT2D eigenvalue weighted by atomic mass is 10.1. The fraction of sp³-hybridized carbons (Fsp3) is 0.318. The summed E-state index contributed by atoms with van der Waals surface area (Å²) in [5, 5.41) is 19.9. The molecule has 2 aromatic carbocycles. The fourth-order valence-corrected chi connectivity index (χ4v) is 3.84. The van der Waals surface area contributed by atoms with E-state index in [1.807, 2.05) is 6.07 Å². The van der Waals surface area contributed by atoms with Gasteiger partial charge in [0.15, 0.2) is 0 Å². The summed E-state index contributed by atoms with van der Waals surface area (Å²) >= 11 is 0. The molecule has 0 aliphatic heterocycles. The number of sulfonamides is 1. The van der Waals surface area contributed by atoms with E-state index in [9.17, 15) is 23.1 Å². The molecule has 0 spiro atoms. The third kappa shape index (κ3) is 7.88. The van der Waals surface area contributed by atoms with Crippen molar-refractivity contribution < 1.29 is 23.1 Å². The van der Waals surface area contributed by atoms with Crippen LogP contribution in [0.25, 0.3) is 0 Å². The molecular formula is C22H29N5O5S. The second-order valence-corrected chi connectivity index (χ2v) is 9.54. The quantitative estimate of drug-likeness (QED) is 0.232. The number of nitrogens with two attached hydrogens (primary N) is 1. The standard InChI is InChI=1S/C22H29N5O5S/c1-3-33(31,32)26-18(11-15-7-5-4-6-8-15)22(30)27(2)14-20(29)25-13-16-9-10-17(21(23)24)19(28)12-16/h4-10,12,18,26,28H,3,11,13-14H2,1-2H3,(H3,23,24)(H,25,29). The Morgan fingerprint density at radius 2 is 1.82 bits per heavy atom. The Morgan fingerprint density at radius 3 is 2.39 bits per heavy atom. The van der Waals surface area contributed by atoms with E-state index >= 15 is 0 Å². The zero-order valence-corrected chi connectivity index (χ0v) is 19.4. The first-order valence-electron chi connectivity index (χ1n) is 10.2. The number of hydrogen-bond donors (Lipinski definition) is 5. The largest absolute Gasteiger partial charge is 0.507 e. The molecule has 0 fully saturated rings. The van der Waals surface area contributed by atoms with Crippen molar-refractivity contribution in [3.63, 3.8) is 0 Å². The molecular weight excluding hydrogens is 446 g/mol. The van der Waals surface area contributed by atoms with Crippen molar-refractivity contribution in [1.29, 1.82) is 5.41 Å². The molecule has 10 nitrogen and oxygen atoms in total. The van der Waals surface area contributed by atoms with Crippen LogP contribution in [0, 0.1) is 5.41 Å². The van der Waals surface area contributed by atoms with Gasteiger partial charge in [-0.15, -0.1) is 0 Å². The number of amidine groups is 1. The highest BCUT2D eigenvalue weighted by Crippen LogP contribution is 2.18. The van der Waals surface area contributed by atoms with Gasteiger partial charge in [0.25, 0.3) is 0 Å². The van der Waals surface area contributed by atoms with E-state index < -0.39 is 27.9 Å². The van der Waals surface area contributed by atoms with Gasteiger partial charge in [0.1, 0.15) is 17.6 Å². The number of nitrogens with one attached hydrogen (secondary N) is 3. The first-order valence-corrected chi connectivity index (χ1v) is 11.9. The van der Waals surface area contributed by atoms with Crippen LogP contribution >= 0.6 is 0 Å². The Balaban J connectivity index is 2.01. The van der Waals surface area contributed by atoms with Crippen LogP contribution in [0.15, 0.2) is 48.5 Å². The maximum absolute atomic E-state index is 13.0. The molecule has 0 aliphatic rings. The van der Waals surface area contributed by atoms with Crippen molar-refractivity contribution in [2.24, 2.45) is 5.73 Å². The van der Waals surface area contributed by atoms with Crippen LogP contribution in [0.5, 0.6) is 5.75 Å². The number of benzene rings is 2. The molecule has 0 saturated heterocycles. The van der Waals surface area contributed by atoms with Crippen LogP contribution in [0.3, 0.4) is 0 Å². The highest BCUT2D eigenvalue weighted by atomic mass is 32.2. The van der Waals surface area contributed by atoms with E-state index in [0.717, 1.165) is 10.5 Å². The highest BCUT2D eigenvalue weighted by molar-refractivity contribution is 7.89. The summed E-state index contributed by atoms with van der Waals surface area (Å²) in [7, 11) is -2.23. The smallest absolute Gasteiger partial charge is 0.241 e. The summed E-state index contributed by atoms with van der Waals surface area (Å²) in [6.07, 6.45) is 0.145. The van der Waals surface area contributed by atoms with Crippen molar-refractivity contribution in [3.8, 4) is 5.75 Å². The number of carbonyl (C=O) groups excluding carboxylic acids is 2. The molecule has 2 amide bonds. The molecule has 2 rings (SSSR count). The zero-order chi connectivity index (χ0) is 24.6. The lowest BCUT2D eigenvalue weighted by Gasteiger charge is -2.24. The monoisotopic (exact) mass is 475 g/mol. The predicted octanol–water partition coefficient (Wildman–Crippen LogP) is 0.301. The summed E-state index contributed by atoms with van der Waals surface area (Å²) in [6.45, 7) is 1.28. The first kappa shape index (κ1) is 25.8. The summed E-state index contributed by atoms with van der Waals surface area (Å²) in [5.74, 6) is -1.61. The van der Waals surface area contributed by atoms with Gasteiger partial charge in [0.2, 0.25) is 21.8 Å². The lowest BCUT2D eigenvalue weighted by molar-refractivity contribution is -0.136. The van der Waals surface area contributed by atoms with E-state index in [0.29, 0.717) is 5.56 Å². The molecule has 0 radical (unpaired) electrons. The second kappa shape index (κ2) is 11.4. The van der Waals surface area contributed by atoms with Crippen molar-refractivity contribution in [2.45, 2.75) is 25.9 Å². The van der Waals surface area contributed by atoms with Gasteiger partial charge in [-0.3, -0.25) is 15.0 Å². The Labute approximate surface area is 193 Å². The molecule has 0 aromatic heterocycles. The Bertz CT molecular complexity index is 1110. The van der Waals surface area contributed by atoms with Crippen LogP contribution < -0.4 is 15.8 Å². The second-order valence-electron chi connectivity index (χ2n) is 7.50. The summed E-state index contributed by atoms with van der Waals surface area (Å²) in [4.78, 5) is 26.5. The van der Waals surface area contributed by atoms with Crippen molar-refractivity contribution in [2.75, 3.05) is 19.3 Å². The number of hydrogen-bond acceptors (Lipinski definition) is 6. The first-order chi connectivity index (χ1) is 15.5. The average molecular weight is 476 g/mol. The Kier molecular flexibility index (Phi) is 8.94. The number of amides is 2. The van der Waals surface area contributed by atoms with E-state index in [4.69, 9.17) is 11.1 Å². The van der Waals surface area contributed by atoms with Crippen LogP contribution in [-0.4, -0.2) is 61.5 Å². The van der Waals surface area contributed by atoms with E-state index in [1.165, 1.54) is 26.1 Å². The van der Waals surface area contributed by atoms with Crippen LogP contribution in [0.4, 0.5) is 0 Å². The number of nitrogens with zero attached hydrogens (tertiary/aromatic N) is 1. The number of phenols is 1. The third-order valence-corrected chi connectivity index (χ3v) is 6.29. The number of nitrogen functional groups attached to an aromatic ring is 1. The third-order valence-electron chi connectivity index (χ3n) is 4.88. The number of carbonyl (C=O) groups is 2. The molecule has 2 aromatic rings. The molecule has 1 atom stereocenters. The van der Waals surface area contributed by atoms with Gasteiger partial charge < -0.3 is 21.1 Å². The molecule has 178 valence electrons. The van der Waals surface area contributed by atoms with Crippen molar-refractivity contribution in [3.05, 3.63) is 65.2 Å². The number of rotatable bonds is 11. The number of likely N-dealkylation sites (N-methyl/N-ethyl adjacent to an activating group) is 1. The molecule has 0 heterocycles. The predicted molar refractivity (Wildman–Crippen MR) is 125 cm³/mol. The lowest BCUT2D eigenvalue weighted by Crippen LogP contribution is -2.50. The van der Waals surface area contributed by atoms with E-state index in [-0.39, 0.29) is 42.4 Å². The van der Waals surface area contributed by atoms with Crippen LogP contribution in [0.1, 0.15) is 23.6 Å².